The van der Waals surface area contributed by atoms with Crippen LogP contribution < -0.4 is 10.3 Å². The van der Waals surface area contributed by atoms with E-state index in [2.05, 4.69) is 6.92 Å². The number of hydrogen-bond donors (Lipinski definition) is 0. The highest BCUT2D eigenvalue weighted by Crippen LogP contribution is 2.30. The van der Waals surface area contributed by atoms with E-state index in [0.29, 0.717) is 29.2 Å². The van der Waals surface area contributed by atoms with E-state index in [0.717, 1.165) is 31.5 Å². The molecule has 1 saturated heterocycles. The standard InChI is InChI=1S/C25H29FN2O3S/c1-5-27-15-24(32(30,31)23-7-6-17(3)12-18(23)4)25(29)19-13-20(26)22(14-21(19)27)28-10-8-16(2)9-11-28/h6-7,12-16H,5,8-11H2,1-4H3. The van der Waals surface area contributed by atoms with Gasteiger partial charge < -0.3 is 9.47 Å². The van der Waals surface area contributed by atoms with Gasteiger partial charge in [-0.15, -0.1) is 0 Å². The Morgan fingerprint density at radius 1 is 1.06 bits per heavy atom. The molecule has 0 bridgehead atoms. The third kappa shape index (κ3) is 3.83. The van der Waals surface area contributed by atoms with Crippen LogP contribution in [0, 0.1) is 25.6 Å². The molecule has 0 radical (unpaired) electrons. The average Bonchev–Trinajstić information content (AvgIpc) is 2.74. The van der Waals surface area contributed by atoms with Gasteiger partial charge in [0.05, 0.1) is 21.5 Å². The van der Waals surface area contributed by atoms with Gasteiger partial charge in [-0.05, 0) is 63.3 Å². The summed E-state index contributed by atoms with van der Waals surface area (Å²) in [6.45, 7) is 9.65. The maximum atomic E-state index is 15.1. The molecule has 0 spiro atoms. The molecule has 170 valence electrons. The second-order valence-electron chi connectivity index (χ2n) is 8.87. The van der Waals surface area contributed by atoms with E-state index in [9.17, 15) is 13.2 Å². The Morgan fingerprint density at radius 2 is 1.75 bits per heavy atom. The molecule has 1 aromatic heterocycles. The van der Waals surface area contributed by atoms with Gasteiger partial charge in [-0.25, -0.2) is 12.8 Å². The van der Waals surface area contributed by atoms with Crippen LogP contribution in [0.25, 0.3) is 10.9 Å². The number of hydrogen-bond acceptors (Lipinski definition) is 4. The summed E-state index contributed by atoms with van der Waals surface area (Å²) in [5.41, 5.74) is 1.87. The number of nitrogens with zero attached hydrogens (tertiary/aromatic N) is 2. The first-order valence-electron chi connectivity index (χ1n) is 11.1. The van der Waals surface area contributed by atoms with Gasteiger partial charge in [0.1, 0.15) is 10.7 Å². The first kappa shape index (κ1) is 22.5. The molecule has 0 amide bonds. The Bertz CT molecular complexity index is 1350. The van der Waals surface area contributed by atoms with Crippen molar-refractivity contribution < 1.29 is 12.8 Å². The molecule has 32 heavy (non-hydrogen) atoms. The summed E-state index contributed by atoms with van der Waals surface area (Å²) in [4.78, 5) is 15.1. The van der Waals surface area contributed by atoms with Crippen molar-refractivity contribution >= 4 is 26.4 Å². The normalized spacial score (nSPS) is 15.5. The molecular weight excluding hydrogens is 427 g/mol. The van der Waals surface area contributed by atoms with Crippen LogP contribution in [-0.2, 0) is 16.4 Å². The van der Waals surface area contributed by atoms with Crippen molar-refractivity contribution in [3.05, 3.63) is 63.7 Å². The van der Waals surface area contributed by atoms with Gasteiger partial charge in [0.15, 0.2) is 0 Å². The van der Waals surface area contributed by atoms with E-state index in [1.165, 1.54) is 18.3 Å². The molecular formula is C25H29FN2O3S. The first-order valence-corrected chi connectivity index (χ1v) is 12.6. The highest BCUT2D eigenvalue weighted by atomic mass is 32.2. The van der Waals surface area contributed by atoms with Crippen molar-refractivity contribution in [2.75, 3.05) is 18.0 Å². The van der Waals surface area contributed by atoms with Crippen molar-refractivity contribution in [2.24, 2.45) is 5.92 Å². The summed E-state index contributed by atoms with van der Waals surface area (Å²) in [7, 11) is -4.06. The highest BCUT2D eigenvalue weighted by molar-refractivity contribution is 7.91. The Labute approximate surface area is 188 Å². The number of rotatable bonds is 4. The minimum Gasteiger partial charge on any atom is -0.369 e. The maximum Gasteiger partial charge on any atom is 0.212 e. The molecule has 1 aliphatic heterocycles. The lowest BCUT2D eigenvalue weighted by Gasteiger charge is -2.32. The zero-order valence-corrected chi connectivity index (χ0v) is 19.8. The smallest absolute Gasteiger partial charge is 0.212 e. The predicted octanol–water partition coefficient (Wildman–Crippen LogP) is 4.85. The molecule has 0 N–H and O–H groups in total. The number of aromatic nitrogens is 1. The van der Waals surface area contributed by atoms with Gasteiger partial charge in [0.2, 0.25) is 15.3 Å². The van der Waals surface area contributed by atoms with Gasteiger partial charge in [-0.1, -0.05) is 24.6 Å². The van der Waals surface area contributed by atoms with E-state index in [4.69, 9.17) is 0 Å². The molecule has 0 aliphatic carbocycles. The lowest BCUT2D eigenvalue weighted by atomic mass is 9.98. The fourth-order valence-electron chi connectivity index (χ4n) is 4.54. The van der Waals surface area contributed by atoms with Crippen molar-refractivity contribution in [3.8, 4) is 0 Å². The summed E-state index contributed by atoms with van der Waals surface area (Å²) >= 11 is 0. The fourth-order valence-corrected chi connectivity index (χ4v) is 6.12. The minimum atomic E-state index is -4.06. The van der Waals surface area contributed by atoms with E-state index in [1.807, 2.05) is 18.7 Å². The second-order valence-corrected chi connectivity index (χ2v) is 10.8. The first-order chi connectivity index (χ1) is 15.1. The van der Waals surface area contributed by atoms with Crippen molar-refractivity contribution in [1.29, 1.82) is 0 Å². The molecule has 0 atom stereocenters. The van der Waals surface area contributed by atoms with E-state index < -0.39 is 21.1 Å². The maximum absolute atomic E-state index is 15.1. The van der Waals surface area contributed by atoms with Crippen LogP contribution in [0.1, 0.15) is 37.8 Å². The third-order valence-electron chi connectivity index (χ3n) is 6.49. The Balaban J connectivity index is 1.91. The minimum absolute atomic E-state index is 0.0873. The average molecular weight is 457 g/mol. The number of halogens is 1. The number of piperidine rings is 1. The summed E-state index contributed by atoms with van der Waals surface area (Å²) in [6.07, 6.45) is 3.38. The fraction of sp³-hybridized carbons (Fsp3) is 0.400. The molecule has 0 unspecified atom stereocenters. The molecule has 3 aromatic rings. The van der Waals surface area contributed by atoms with Crippen LogP contribution in [0.2, 0.25) is 0 Å². The van der Waals surface area contributed by atoms with Crippen LogP contribution in [0.3, 0.4) is 0 Å². The third-order valence-corrected chi connectivity index (χ3v) is 8.40. The zero-order chi connectivity index (χ0) is 23.2. The highest BCUT2D eigenvalue weighted by Gasteiger charge is 2.27. The van der Waals surface area contributed by atoms with Gasteiger partial charge in [0.25, 0.3) is 0 Å². The van der Waals surface area contributed by atoms with Crippen LogP contribution in [0.5, 0.6) is 0 Å². The molecule has 1 fully saturated rings. The Kier molecular flexibility index (Phi) is 5.88. The number of pyridine rings is 1. The summed E-state index contributed by atoms with van der Waals surface area (Å²) in [5, 5.41) is 0.0873. The number of sulfone groups is 1. The predicted molar refractivity (Wildman–Crippen MR) is 126 cm³/mol. The molecule has 4 rings (SSSR count). The van der Waals surface area contributed by atoms with Crippen molar-refractivity contribution in [3.63, 3.8) is 0 Å². The summed E-state index contributed by atoms with van der Waals surface area (Å²) < 4.78 is 43.7. The van der Waals surface area contributed by atoms with Crippen LogP contribution in [0.15, 0.2) is 51.1 Å². The van der Waals surface area contributed by atoms with E-state index in [1.54, 1.807) is 29.7 Å². The molecule has 2 aromatic carbocycles. The summed E-state index contributed by atoms with van der Waals surface area (Å²) in [6, 6.07) is 7.92. The Hall–Kier alpha value is -2.67. The van der Waals surface area contributed by atoms with Crippen molar-refractivity contribution in [1.82, 2.24) is 4.57 Å². The van der Waals surface area contributed by atoms with Crippen molar-refractivity contribution in [2.45, 2.75) is 56.9 Å². The number of benzene rings is 2. The van der Waals surface area contributed by atoms with E-state index >= 15 is 4.39 Å². The second kappa shape index (κ2) is 8.35. The largest absolute Gasteiger partial charge is 0.369 e. The molecule has 5 nitrogen and oxygen atoms in total. The molecule has 2 heterocycles. The lowest BCUT2D eigenvalue weighted by Crippen LogP contribution is -2.33. The van der Waals surface area contributed by atoms with Gasteiger partial charge >= 0.3 is 0 Å². The van der Waals surface area contributed by atoms with Gasteiger partial charge in [-0.3, -0.25) is 4.79 Å². The monoisotopic (exact) mass is 456 g/mol. The molecule has 1 aliphatic rings. The SMILES string of the molecule is CCn1cc(S(=O)(=O)c2ccc(C)cc2C)c(=O)c2cc(F)c(N3CCC(C)CC3)cc21. The lowest BCUT2D eigenvalue weighted by molar-refractivity contribution is 0.434. The zero-order valence-electron chi connectivity index (χ0n) is 19.0. The number of aryl methyl sites for hydroxylation is 3. The number of fused-ring (bicyclic) bond motifs is 1. The van der Waals surface area contributed by atoms with Crippen LogP contribution in [-0.4, -0.2) is 26.1 Å². The quantitative estimate of drug-likeness (QED) is 0.563. The molecule has 7 heteroatoms. The van der Waals surface area contributed by atoms with E-state index in [-0.39, 0.29) is 15.2 Å². The topological polar surface area (TPSA) is 59.4 Å². The van der Waals surface area contributed by atoms with Crippen LogP contribution in [0.4, 0.5) is 10.1 Å². The Morgan fingerprint density at radius 3 is 2.38 bits per heavy atom. The number of anilines is 1. The van der Waals surface area contributed by atoms with Crippen LogP contribution >= 0.6 is 0 Å². The summed E-state index contributed by atoms with van der Waals surface area (Å²) in [5.74, 6) is 0.120. The molecule has 0 saturated carbocycles. The van der Waals surface area contributed by atoms with Gasteiger partial charge in [-0.2, -0.15) is 0 Å². The van der Waals surface area contributed by atoms with Gasteiger partial charge in [0, 0.05) is 25.8 Å².